The Morgan fingerprint density at radius 1 is 1.14 bits per heavy atom. The molecular weight excluding hydrogens is 378 g/mol. The lowest BCUT2D eigenvalue weighted by Crippen LogP contribution is -2.31. The minimum atomic E-state index is -3.65. The maximum atomic E-state index is 12.4. The number of ether oxygens (including phenoxy) is 1. The number of amides is 1. The van der Waals surface area contributed by atoms with E-state index in [1.807, 2.05) is 26.8 Å². The van der Waals surface area contributed by atoms with Crippen LogP contribution >= 0.6 is 0 Å². The second-order valence-corrected chi connectivity index (χ2v) is 8.47. The number of hydrogen-bond donors (Lipinski definition) is 2. The van der Waals surface area contributed by atoms with Crippen molar-refractivity contribution in [3.8, 4) is 5.75 Å². The summed E-state index contributed by atoms with van der Waals surface area (Å²) in [5, 5.41) is 2.76. The van der Waals surface area contributed by atoms with Gasteiger partial charge in [0.2, 0.25) is 15.9 Å². The second-order valence-electron chi connectivity index (χ2n) is 6.74. The van der Waals surface area contributed by atoms with Crippen LogP contribution in [0.25, 0.3) is 0 Å². The average Bonchev–Trinajstić information content (AvgIpc) is 2.61. The fourth-order valence-electron chi connectivity index (χ4n) is 3.00. The Kier molecular flexibility index (Phi) is 7.15. The van der Waals surface area contributed by atoms with Crippen molar-refractivity contribution < 1.29 is 17.9 Å². The number of carbonyl (C=O) groups excluding carboxylic acids is 1. The zero-order chi connectivity index (χ0) is 20.9. The van der Waals surface area contributed by atoms with E-state index in [2.05, 4.69) is 15.0 Å². The third kappa shape index (κ3) is 5.30. The summed E-state index contributed by atoms with van der Waals surface area (Å²) < 4.78 is 32.6. The fourth-order valence-corrected chi connectivity index (χ4v) is 4.25. The van der Waals surface area contributed by atoms with Gasteiger partial charge in [-0.15, -0.1) is 0 Å². The number of aromatic nitrogens is 1. The largest absolute Gasteiger partial charge is 0.496 e. The van der Waals surface area contributed by atoms with Crippen LogP contribution in [0.3, 0.4) is 0 Å². The minimum absolute atomic E-state index is 0.0190. The molecule has 0 saturated carbocycles. The van der Waals surface area contributed by atoms with E-state index < -0.39 is 10.0 Å². The first-order valence-electron chi connectivity index (χ1n) is 8.98. The van der Waals surface area contributed by atoms with E-state index >= 15 is 0 Å². The standard InChI is InChI=1S/C20H27N3O4S/c1-13-6-7-18(14(2)10-13)28(25,26)23-9-8-19(24)22-12-17-16(4)20(27-5)15(3)11-21-17/h6-7,10-11,23H,8-9,12H2,1-5H3,(H,22,24). The van der Waals surface area contributed by atoms with E-state index in [1.54, 1.807) is 32.4 Å². The molecule has 0 bridgehead atoms. The van der Waals surface area contributed by atoms with Crippen LogP contribution in [0, 0.1) is 27.7 Å². The third-order valence-corrected chi connectivity index (χ3v) is 6.09. The van der Waals surface area contributed by atoms with Gasteiger partial charge in [0.25, 0.3) is 0 Å². The molecule has 1 heterocycles. The van der Waals surface area contributed by atoms with Gasteiger partial charge in [-0.05, 0) is 39.3 Å². The molecule has 0 fully saturated rings. The van der Waals surface area contributed by atoms with Gasteiger partial charge in [-0.1, -0.05) is 17.7 Å². The zero-order valence-corrected chi connectivity index (χ0v) is 17.7. The van der Waals surface area contributed by atoms with Crippen molar-refractivity contribution in [2.75, 3.05) is 13.7 Å². The Balaban J connectivity index is 1.89. The molecule has 0 aliphatic carbocycles. The zero-order valence-electron chi connectivity index (χ0n) is 16.9. The SMILES string of the molecule is COc1c(C)cnc(CNC(=O)CCNS(=O)(=O)c2ccc(C)cc2C)c1C. The molecule has 0 spiro atoms. The number of methoxy groups -OCH3 is 1. The molecule has 0 radical (unpaired) electrons. The smallest absolute Gasteiger partial charge is 0.240 e. The topological polar surface area (TPSA) is 97.4 Å². The van der Waals surface area contributed by atoms with Gasteiger partial charge in [0.1, 0.15) is 5.75 Å². The van der Waals surface area contributed by atoms with E-state index in [4.69, 9.17) is 4.74 Å². The maximum absolute atomic E-state index is 12.4. The highest BCUT2D eigenvalue weighted by atomic mass is 32.2. The van der Waals surface area contributed by atoms with Crippen molar-refractivity contribution in [1.82, 2.24) is 15.0 Å². The van der Waals surface area contributed by atoms with Crippen LogP contribution in [-0.4, -0.2) is 33.0 Å². The van der Waals surface area contributed by atoms with E-state index in [1.165, 1.54) is 0 Å². The maximum Gasteiger partial charge on any atom is 0.240 e. The Labute approximate surface area is 166 Å². The summed E-state index contributed by atoms with van der Waals surface area (Å²) in [4.78, 5) is 16.6. The Morgan fingerprint density at radius 3 is 2.50 bits per heavy atom. The summed E-state index contributed by atoms with van der Waals surface area (Å²) in [6.45, 7) is 7.72. The molecule has 8 heteroatoms. The highest BCUT2D eigenvalue weighted by Crippen LogP contribution is 2.23. The average molecular weight is 406 g/mol. The summed E-state index contributed by atoms with van der Waals surface area (Å²) in [5.74, 6) is 0.490. The molecule has 2 rings (SSSR count). The van der Waals surface area contributed by atoms with E-state index in [0.29, 0.717) is 11.3 Å². The number of hydrogen-bond acceptors (Lipinski definition) is 5. The van der Waals surface area contributed by atoms with Gasteiger partial charge in [-0.3, -0.25) is 9.78 Å². The molecule has 2 N–H and O–H groups in total. The Morgan fingerprint density at radius 2 is 1.86 bits per heavy atom. The van der Waals surface area contributed by atoms with Gasteiger partial charge in [-0.25, -0.2) is 13.1 Å². The van der Waals surface area contributed by atoms with Crippen molar-refractivity contribution in [3.05, 3.63) is 52.3 Å². The summed E-state index contributed by atoms with van der Waals surface area (Å²) >= 11 is 0. The lowest BCUT2D eigenvalue weighted by atomic mass is 10.1. The Hall–Kier alpha value is -2.45. The van der Waals surface area contributed by atoms with Crippen LogP contribution in [0.2, 0.25) is 0 Å². The molecule has 2 aromatic rings. The summed E-state index contributed by atoms with van der Waals surface area (Å²) in [5.41, 5.74) is 4.18. The molecular formula is C20H27N3O4S. The summed E-state index contributed by atoms with van der Waals surface area (Å²) in [6.07, 6.45) is 1.73. The number of sulfonamides is 1. The second kappa shape index (κ2) is 9.16. The van der Waals surface area contributed by atoms with Crippen molar-refractivity contribution in [3.63, 3.8) is 0 Å². The number of aryl methyl sites for hydroxylation is 3. The van der Waals surface area contributed by atoms with Crippen LogP contribution in [0.5, 0.6) is 5.75 Å². The van der Waals surface area contributed by atoms with Gasteiger partial charge in [-0.2, -0.15) is 0 Å². The van der Waals surface area contributed by atoms with E-state index in [0.717, 1.165) is 22.4 Å². The number of nitrogens with one attached hydrogen (secondary N) is 2. The van der Waals surface area contributed by atoms with Gasteiger partial charge in [0.15, 0.2) is 0 Å². The lowest BCUT2D eigenvalue weighted by Gasteiger charge is -2.13. The quantitative estimate of drug-likeness (QED) is 0.702. The van der Waals surface area contributed by atoms with E-state index in [9.17, 15) is 13.2 Å². The third-order valence-electron chi connectivity index (χ3n) is 4.47. The first kappa shape index (κ1) is 21.8. The molecule has 1 amide bonds. The molecule has 1 aromatic heterocycles. The van der Waals surface area contributed by atoms with Crippen molar-refractivity contribution in [2.45, 2.75) is 45.6 Å². The first-order valence-corrected chi connectivity index (χ1v) is 10.5. The van der Waals surface area contributed by atoms with Crippen LogP contribution in [0.1, 0.15) is 34.4 Å². The molecule has 1 aromatic carbocycles. The predicted molar refractivity (Wildman–Crippen MR) is 108 cm³/mol. The van der Waals surface area contributed by atoms with Gasteiger partial charge >= 0.3 is 0 Å². The van der Waals surface area contributed by atoms with Crippen LogP contribution in [0.15, 0.2) is 29.3 Å². The summed E-state index contributed by atoms with van der Waals surface area (Å²) in [6, 6.07) is 5.14. The molecule has 28 heavy (non-hydrogen) atoms. The predicted octanol–water partition coefficient (Wildman–Crippen LogP) is 2.31. The number of nitrogens with zero attached hydrogens (tertiary/aromatic N) is 1. The highest BCUT2D eigenvalue weighted by molar-refractivity contribution is 7.89. The van der Waals surface area contributed by atoms with Crippen molar-refractivity contribution in [2.24, 2.45) is 0 Å². The van der Waals surface area contributed by atoms with Crippen molar-refractivity contribution >= 4 is 15.9 Å². The molecule has 152 valence electrons. The molecule has 7 nitrogen and oxygen atoms in total. The van der Waals surface area contributed by atoms with Crippen LogP contribution in [-0.2, 0) is 21.4 Å². The van der Waals surface area contributed by atoms with Crippen molar-refractivity contribution in [1.29, 1.82) is 0 Å². The minimum Gasteiger partial charge on any atom is -0.496 e. The molecule has 0 saturated heterocycles. The molecule has 0 unspecified atom stereocenters. The van der Waals surface area contributed by atoms with Gasteiger partial charge in [0.05, 0.1) is 24.2 Å². The highest BCUT2D eigenvalue weighted by Gasteiger charge is 2.17. The monoisotopic (exact) mass is 405 g/mol. The first-order chi connectivity index (χ1) is 13.2. The summed E-state index contributed by atoms with van der Waals surface area (Å²) in [7, 11) is -2.05. The number of rotatable bonds is 8. The van der Waals surface area contributed by atoms with Gasteiger partial charge < -0.3 is 10.1 Å². The fraction of sp³-hybridized carbons (Fsp3) is 0.400. The van der Waals surface area contributed by atoms with E-state index in [-0.39, 0.29) is 30.3 Å². The number of benzene rings is 1. The lowest BCUT2D eigenvalue weighted by molar-refractivity contribution is -0.121. The number of carbonyl (C=O) groups is 1. The normalized spacial score (nSPS) is 11.3. The molecule has 0 aliphatic heterocycles. The van der Waals surface area contributed by atoms with Crippen LogP contribution in [0.4, 0.5) is 0 Å². The molecule has 0 aliphatic rings. The number of pyridine rings is 1. The van der Waals surface area contributed by atoms with Gasteiger partial charge in [0, 0.05) is 30.3 Å². The van der Waals surface area contributed by atoms with Crippen LogP contribution < -0.4 is 14.8 Å². The molecule has 0 atom stereocenters. The Bertz CT molecular complexity index is 972.